The van der Waals surface area contributed by atoms with Gasteiger partial charge in [0.2, 0.25) is 0 Å². The van der Waals surface area contributed by atoms with Gasteiger partial charge in [-0.3, -0.25) is 4.68 Å². The molecular formula is C14H19N3. The molecule has 0 bridgehead atoms. The Bertz CT molecular complexity index is 525. The van der Waals surface area contributed by atoms with Crippen molar-refractivity contribution in [2.75, 3.05) is 6.54 Å². The van der Waals surface area contributed by atoms with Crippen LogP contribution in [0.15, 0.2) is 36.4 Å². The van der Waals surface area contributed by atoms with Crippen LogP contribution in [-0.2, 0) is 13.1 Å². The lowest BCUT2D eigenvalue weighted by molar-refractivity contribution is 0.645. The fourth-order valence-corrected chi connectivity index (χ4v) is 1.96. The Morgan fingerprint density at radius 3 is 2.88 bits per heavy atom. The predicted octanol–water partition coefficient (Wildman–Crippen LogP) is 2.72. The Balaban J connectivity index is 2.24. The molecule has 1 N–H and O–H groups in total. The maximum atomic E-state index is 4.63. The maximum absolute atomic E-state index is 4.63. The second-order valence-corrected chi connectivity index (χ2v) is 4.34. The van der Waals surface area contributed by atoms with Crippen molar-refractivity contribution in [3.63, 3.8) is 0 Å². The number of nitrogens with one attached hydrogen (secondary N) is 1. The first-order valence-electron chi connectivity index (χ1n) is 6.02. The van der Waals surface area contributed by atoms with Crippen LogP contribution in [0, 0.1) is 0 Å². The molecule has 0 aliphatic rings. The van der Waals surface area contributed by atoms with Crippen LogP contribution < -0.4 is 5.32 Å². The van der Waals surface area contributed by atoms with E-state index in [0.717, 1.165) is 30.9 Å². The minimum Gasteiger partial charge on any atom is -0.307 e. The molecule has 0 unspecified atom stereocenters. The summed E-state index contributed by atoms with van der Waals surface area (Å²) >= 11 is 0. The van der Waals surface area contributed by atoms with Gasteiger partial charge in [0, 0.05) is 25.0 Å². The number of hydrogen-bond donors (Lipinski definition) is 1. The van der Waals surface area contributed by atoms with Crippen LogP contribution in [0.2, 0.25) is 0 Å². The van der Waals surface area contributed by atoms with Crippen LogP contribution in [0.3, 0.4) is 0 Å². The maximum Gasteiger partial charge on any atom is 0.0841 e. The summed E-state index contributed by atoms with van der Waals surface area (Å²) in [6.07, 6.45) is 0. The summed E-state index contributed by atoms with van der Waals surface area (Å²) in [6.45, 7) is 10.6. The molecule has 17 heavy (non-hydrogen) atoms. The topological polar surface area (TPSA) is 29.9 Å². The summed E-state index contributed by atoms with van der Waals surface area (Å²) in [6, 6.07) is 8.37. The third kappa shape index (κ3) is 2.56. The van der Waals surface area contributed by atoms with Gasteiger partial charge >= 0.3 is 0 Å². The zero-order valence-electron chi connectivity index (χ0n) is 10.5. The number of rotatable bonds is 5. The van der Waals surface area contributed by atoms with Crippen LogP contribution >= 0.6 is 0 Å². The van der Waals surface area contributed by atoms with E-state index in [0.29, 0.717) is 0 Å². The molecule has 0 aliphatic carbocycles. The predicted molar refractivity (Wildman–Crippen MR) is 71.9 cm³/mol. The van der Waals surface area contributed by atoms with Gasteiger partial charge in [0.05, 0.1) is 11.2 Å². The Kier molecular flexibility index (Phi) is 3.59. The zero-order chi connectivity index (χ0) is 12.3. The average molecular weight is 229 g/mol. The van der Waals surface area contributed by atoms with E-state index in [4.69, 9.17) is 0 Å². The number of nitrogens with zero attached hydrogens (tertiary/aromatic N) is 2. The van der Waals surface area contributed by atoms with Gasteiger partial charge in [0.15, 0.2) is 0 Å². The standard InChI is InChI=1S/C14H19N3/c1-4-17-14-8-6-5-7-12(14)13(16-17)10-15-9-11(2)3/h5-8,15H,2,4,9-10H2,1,3H3. The third-order valence-electron chi connectivity index (χ3n) is 2.75. The molecule has 0 radical (unpaired) electrons. The fraction of sp³-hybridized carbons (Fsp3) is 0.357. The van der Waals surface area contributed by atoms with Crippen LogP contribution in [0.4, 0.5) is 0 Å². The highest BCUT2D eigenvalue weighted by atomic mass is 15.3. The first-order chi connectivity index (χ1) is 8.22. The summed E-state index contributed by atoms with van der Waals surface area (Å²) in [5, 5.41) is 9.22. The second-order valence-electron chi connectivity index (χ2n) is 4.34. The molecule has 1 aromatic carbocycles. The van der Waals surface area contributed by atoms with Gasteiger partial charge in [-0.15, -0.1) is 0 Å². The van der Waals surface area contributed by atoms with E-state index in [1.807, 2.05) is 11.6 Å². The molecular weight excluding hydrogens is 210 g/mol. The van der Waals surface area contributed by atoms with Gasteiger partial charge in [-0.1, -0.05) is 30.4 Å². The van der Waals surface area contributed by atoms with E-state index in [2.05, 4.69) is 48.2 Å². The second kappa shape index (κ2) is 5.15. The summed E-state index contributed by atoms with van der Waals surface area (Å²) in [4.78, 5) is 0. The lowest BCUT2D eigenvalue weighted by Gasteiger charge is -2.01. The lowest BCUT2D eigenvalue weighted by Crippen LogP contribution is -2.15. The minimum absolute atomic E-state index is 0.792. The van der Waals surface area contributed by atoms with Crippen molar-refractivity contribution in [3.05, 3.63) is 42.1 Å². The van der Waals surface area contributed by atoms with E-state index >= 15 is 0 Å². The highest BCUT2D eigenvalue weighted by Crippen LogP contribution is 2.18. The number of para-hydroxylation sites is 1. The zero-order valence-corrected chi connectivity index (χ0v) is 10.5. The molecule has 1 aromatic heterocycles. The van der Waals surface area contributed by atoms with Crippen molar-refractivity contribution >= 4 is 10.9 Å². The Morgan fingerprint density at radius 2 is 2.18 bits per heavy atom. The van der Waals surface area contributed by atoms with Gasteiger partial charge in [-0.2, -0.15) is 5.10 Å². The summed E-state index contributed by atoms with van der Waals surface area (Å²) in [5.41, 5.74) is 3.47. The number of hydrogen-bond acceptors (Lipinski definition) is 2. The summed E-state index contributed by atoms with van der Waals surface area (Å²) in [7, 11) is 0. The molecule has 0 amide bonds. The molecule has 0 atom stereocenters. The molecule has 0 saturated heterocycles. The van der Waals surface area contributed by atoms with E-state index < -0.39 is 0 Å². The molecule has 2 rings (SSSR count). The molecule has 0 spiro atoms. The monoisotopic (exact) mass is 229 g/mol. The molecule has 0 aliphatic heterocycles. The SMILES string of the molecule is C=C(C)CNCc1nn(CC)c2ccccc12. The van der Waals surface area contributed by atoms with Crippen molar-refractivity contribution < 1.29 is 0 Å². The summed E-state index contributed by atoms with van der Waals surface area (Å²) in [5.74, 6) is 0. The van der Waals surface area contributed by atoms with Gasteiger partial charge in [-0.25, -0.2) is 0 Å². The highest BCUT2D eigenvalue weighted by Gasteiger charge is 2.07. The van der Waals surface area contributed by atoms with Gasteiger partial charge in [0.25, 0.3) is 0 Å². The Labute approximate surface area is 102 Å². The van der Waals surface area contributed by atoms with Crippen molar-refractivity contribution in [1.82, 2.24) is 15.1 Å². The molecule has 1 heterocycles. The number of aromatic nitrogens is 2. The average Bonchev–Trinajstić information content (AvgIpc) is 2.68. The van der Waals surface area contributed by atoms with E-state index in [9.17, 15) is 0 Å². The van der Waals surface area contributed by atoms with E-state index in [1.54, 1.807) is 0 Å². The fourth-order valence-electron chi connectivity index (χ4n) is 1.96. The van der Waals surface area contributed by atoms with Gasteiger partial charge in [0.1, 0.15) is 0 Å². The largest absolute Gasteiger partial charge is 0.307 e. The van der Waals surface area contributed by atoms with Crippen LogP contribution in [0.5, 0.6) is 0 Å². The van der Waals surface area contributed by atoms with Crippen LogP contribution in [-0.4, -0.2) is 16.3 Å². The van der Waals surface area contributed by atoms with Crippen molar-refractivity contribution in [2.45, 2.75) is 26.9 Å². The van der Waals surface area contributed by atoms with E-state index in [-0.39, 0.29) is 0 Å². The third-order valence-corrected chi connectivity index (χ3v) is 2.75. The Morgan fingerprint density at radius 1 is 1.41 bits per heavy atom. The first kappa shape index (κ1) is 11.9. The van der Waals surface area contributed by atoms with Gasteiger partial charge < -0.3 is 5.32 Å². The van der Waals surface area contributed by atoms with Gasteiger partial charge in [-0.05, 0) is 19.9 Å². The molecule has 90 valence electrons. The lowest BCUT2D eigenvalue weighted by atomic mass is 10.2. The molecule has 3 heteroatoms. The Hall–Kier alpha value is -1.61. The van der Waals surface area contributed by atoms with Crippen molar-refractivity contribution in [1.29, 1.82) is 0 Å². The highest BCUT2D eigenvalue weighted by molar-refractivity contribution is 5.81. The number of aryl methyl sites for hydroxylation is 1. The summed E-state index contributed by atoms with van der Waals surface area (Å²) < 4.78 is 2.05. The van der Waals surface area contributed by atoms with Crippen LogP contribution in [0.25, 0.3) is 10.9 Å². The molecule has 0 saturated carbocycles. The van der Waals surface area contributed by atoms with Crippen LogP contribution in [0.1, 0.15) is 19.5 Å². The normalized spacial score (nSPS) is 10.9. The number of benzene rings is 1. The molecule has 3 nitrogen and oxygen atoms in total. The quantitative estimate of drug-likeness (QED) is 0.799. The van der Waals surface area contributed by atoms with Crippen molar-refractivity contribution in [3.8, 4) is 0 Å². The molecule has 2 aromatic rings. The smallest absolute Gasteiger partial charge is 0.0841 e. The number of fused-ring (bicyclic) bond motifs is 1. The minimum atomic E-state index is 0.792. The first-order valence-corrected chi connectivity index (χ1v) is 6.02. The molecule has 0 fully saturated rings. The van der Waals surface area contributed by atoms with Crippen molar-refractivity contribution in [2.24, 2.45) is 0 Å². The van der Waals surface area contributed by atoms with E-state index in [1.165, 1.54) is 10.9 Å².